The number of ether oxygens (including phenoxy) is 1. The van der Waals surface area contributed by atoms with E-state index in [2.05, 4.69) is 24.1 Å². The first-order valence-corrected chi connectivity index (χ1v) is 7.07. The van der Waals surface area contributed by atoms with Crippen molar-refractivity contribution in [3.8, 4) is 5.75 Å². The van der Waals surface area contributed by atoms with Gasteiger partial charge < -0.3 is 20.7 Å². The maximum absolute atomic E-state index is 12.2. The first kappa shape index (κ1) is 16.3. The lowest BCUT2D eigenvalue weighted by Crippen LogP contribution is -2.35. The van der Waals surface area contributed by atoms with Gasteiger partial charge in [0, 0.05) is 18.8 Å². The minimum atomic E-state index is -0.187. The van der Waals surface area contributed by atoms with Crippen molar-refractivity contribution in [1.82, 2.24) is 10.2 Å². The third-order valence-electron chi connectivity index (χ3n) is 3.21. The zero-order chi connectivity index (χ0) is 15.0. The van der Waals surface area contributed by atoms with Crippen molar-refractivity contribution in [3.63, 3.8) is 0 Å². The highest BCUT2D eigenvalue weighted by Crippen LogP contribution is 2.23. The Labute approximate surface area is 121 Å². The molecule has 1 amide bonds. The van der Waals surface area contributed by atoms with E-state index < -0.39 is 0 Å². The van der Waals surface area contributed by atoms with Crippen LogP contribution in [0.5, 0.6) is 5.75 Å². The van der Waals surface area contributed by atoms with Gasteiger partial charge in [-0.3, -0.25) is 4.79 Å². The van der Waals surface area contributed by atoms with Crippen molar-refractivity contribution in [2.24, 2.45) is 0 Å². The second kappa shape index (κ2) is 8.43. The van der Waals surface area contributed by atoms with Gasteiger partial charge in [-0.25, -0.2) is 0 Å². The van der Waals surface area contributed by atoms with Gasteiger partial charge >= 0.3 is 0 Å². The maximum atomic E-state index is 12.2. The van der Waals surface area contributed by atoms with E-state index in [9.17, 15) is 4.79 Å². The number of likely N-dealkylation sites (N-methyl/N-ethyl adjacent to an activating group) is 1. The Morgan fingerprint density at radius 1 is 1.35 bits per heavy atom. The summed E-state index contributed by atoms with van der Waals surface area (Å²) in [7, 11) is 1.53. The van der Waals surface area contributed by atoms with Crippen molar-refractivity contribution in [2.45, 2.75) is 20.3 Å². The molecule has 1 aromatic rings. The summed E-state index contributed by atoms with van der Waals surface area (Å²) in [5.74, 6) is 0.316. The fourth-order valence-corrected chi connectivity index (χ4v) is 2.12. The summed E-state index contributed by atoms with van der Waals surface area (Å²) in [4.78, 5) is 14.5. The molecule has 0 fully saturated rings. The quantitative estimate of drug-likeness (QED) is 0.711. The summed E-state index contributed by atoms with van der Waals surface area (Å²) in [6.45, 7) is 7.74. The Balaban J connectivity index is 2.59. The highest BCUT2D eigenvalue weighted by Gasteiger charge is 2.15. The van der Waals surface area contributed by atoms with Crippen LogP contribution in [0, 0.1) is 0 Å². The Hall–Kier alpha value is -1.75. The smallest absolute Gasteiger partial charge is 0.257 e. The topological polar surface area (TPSA) is 67.6 Å². The van der Waals surface area contributed by atoms with Gasteiger partial charge in [-0.15, -0.1) is 0 Å². The zero-order valence-corrected chi connectivity index (χ0v) is 12.6. The molecular formula is C15H25N3O2. The van der Waals surface area contributed by atoms with Crippen molar-refractivity contribution in [2.75, 3.05) is 39.0 Å². The first-order chi connectivity index (χ1) is 9.63. The predicted octanol–water partition coefficient (Wildman–Crippen LogP) is 1.74. The fourth-order valence-electron chi connectivity index (χ4n) is 2.12. The molecule has 0 spiro atoms. The molecule has 5 heteroatoms. The summed E-state index contributed by atoms with van der Waals surface area (Å²) < 4.78 is 5.18. The van der Waals surface area contributed by atoms with Crippen LogP contribution in [0.15, 0.2) is 18.2 Å². The molecule has 0 heterocycles. The standard InChI is InChI=1S/C15H25N3O2/c1-4-10-18(5-2)11-9-17-15(19)14-12(16)7-6-8-13(14)20-3/h6-8H,4-5,9-11,16H2,1-3H3,(H,17,19). The van der Waals surface area contributed by atoms with Gasteiger partial charge in [0.2, 0.25) is 0 Å². The highest BCUT2D eigenvalue weighted by atomic mass is 16.5. The van der Waals surface area contributed by atoms with Crippen molar-refractivity contribution in [3.05, 3.63) is 23.8 Å². The number of nitrogens with one attached hydrogen (secondary N) is 1. The Kier molecular flexibility index (Phi) is 6.87. The fraction of sp³-hybridized carbons (Fsp3) is 0.533. The average Bonchev–Trinajstić information content (AvgIpc) is 2.45. The summed E-state index contributed by atoms with van der Waals surface area (Å²) in [6.07, 6.45) is 1.11. The van der Waals surface area contributed by atoms with Gasteiger partial charge in [0.1, 0.15) is 11.3 Å². The van der Waals surface area contributed by atoms with Gasteiger partial charge in [-0.2, -0.15) is 0 Å². The van der Waals surface area contributed by atoms with Gasteiger partial charge in [-0.05, 0) is 31.6 Å². The lowest BCUT2D eigenvalue weighted by atomic mass is 10.1. The normalized spacial score (nSPS) is 10.6. The molecule has 0 aromatic heterocycles. The number of hydrogen-bond acceptors (Lipinski definition) is 4. The summed E-state index contributed by atoms with van der Waals surface area (Å²) >= 11 is 0. The van der Waals surface area contributed by atoms with Gasteiger partial charge in [0.25, 0.3) is 5.91 Å². The maximum Gasteiger partial charge on any atom is 0.257 e. The van der Waals surface area contributed by atoms with E-state index in [1.54, 1.807) is 18.2 Å². The van der Waals surface area contributed by atoms with Crippen molar-refractivity contribution >= 4 is 11.6 Å². The number of nitrogens with zero attached hydrogens (tertiary/aromatic N) is 1. The number of amides is 1. The lowest BCUT2D eigenvalue weighted by molar-refractivity contribution is 0.0946. The van der Waals surface area contributed by atoms with Crippen LogP contribution < -0.4 is 15.8 Å². The van der Waals surface area contributed by atoms with Crippen LogP contribution in [-0.4, -0.2) is 44.1 Å². The van der Waals surface area contributed by atoms with E-state index in [1.165, 1.54) is 7.11 Å². The molecule has 1 rings (SSSR count). The van der Waals surface area contributed by atoms with Crippen LogP contribution in [0.1, 0.15) is 30.6 Å². The lowest BCUT2D eigenvalue weighted by Gasteiger charge is -2.19. The van der Waals surface area contributed by atoms with Gasteiger partial charge in [0.05, 0.1) is 7.11 Å². The summed E-state index contributed by atoms with van der Waals surface area (Å²) in [5.41, 5.74) is 6.70. The minimum Gasteiger partial charge on any atom is -0.496 e. The van der Waals surface area contributed by atoms with E-state index in [0.717, 1.165) is 26.1 Å². The van der Waals surface area contributed by atoms with Crippen LogP contribution in [0.2, 0.25) is 0 Å². The molecule has 0 saturated heterocycles. The molecule has 5 nitrogen and oxygen atoms in total. The molecule has 0 aliphatic carbocycles. The third kappa shape index (κ3) is 4.42. The summed E-state index contributed by atoms with van der Waals surface area (Å²) in [5, 5.41) is 2.90. The van der Waals surface area contributed by atoms with Crippen LogP contribution in [0.25, 0.3) is 0 Å². The van der Waals surface area contributed by atoms with Crippen molar-refractivity contribution in [1.29, 1.82) is 0 Å². The van der Waals surface area contributed by atoms with E-state index in [1.807, 2.05) is 0 Å². The number of nitrogen functional groups attached to an aromatic ring is 1. The molecule has 112 valence electrons. The van der Waals surface area contributed by atoms with E-state index in [-0.39, 0.29) is 5.91 Å². The number of methoxy groups -OCH3 is 1. The number of rotatable bonds is 8. The van der Waals surface area contributed by atoms with E-state index >= 15 is 0 Å². The molecule has 20 heavy (non-hydrogen) atoms. The number of nitrogens with two attached hydrogens (primary N) is 1. The number of carbonyl (C=O) groups excluding carboxylic acids is 1. The molecule has 0 aliphatic heterocycles. The molecule has 0 saturated carbocycles. The largest absolute Gasteiger partial charge is 0.496 e. The van der Waals surface area contributed by atoms with Crippen LogP contribution in [0.4, 0.5) is 5.69 Å². The highest BCUT2D eigenvalue weighted by molar-refractivity contribution is 6.01. The predicted molar refractivity (Wildman–Crippen MR) is 82.1 cm³/mol. The van der Waals surface area contributed by atoms with Gasteiger partial charge in [0.15, 0.2) is 0 Å². The molecule has 0 unspecified atom stereocenters. The number of hydrogen-bond donors (Lipinski definition) is 2. The molecule has 1 aromatic carbocycles. The number of benzene rings is 1. The second-order valence-corrected chi connectivity index (χ2v) is 4.61. The summed E-state index contributed by atoms with van der Waals surface area (Å²) in [6, 6.07) is 5.21. The Morgan fingerprint density at radius 2 is 2.10 bits per heavy atom. The monoisotopic (exact) mass is 279 g/mol. The van der Waals surface area contributed by atoms with Gasteiger partial charge in [-0.1, -0.05) is 19.9 Å². The Morgan fingerprint density at radius 3 is 2.70 bits per heavy atom. The van der Waals surface area contributed by atoms with Crippen LogP contribution in [-0.2, 0) is 0 Å². The molecule has 3 N–H and O–H groups in total. The SMILES string of the molecule is CCCN(CC)CCNC(=O)c1c(N)cccc1OC. The van der Waals surface area contributed by atoms with E-state index in [0.29, 0.717) is 23.5 Å². The third-order valence-corrected chi connectivity index (χ3v) is 3.21. The molecule has 0 bridgehead atoms. The number of carbonyl (C=O) groups is 1. The Bertz CT molecular complexity index is 435. The average molecular weight is 279 g/mol. The molecular weight excluding hydrogens is 254 g/mol. The van der Waals surface area contributed by atoms with Crippen LogP contribution >= 0.6 is 0 Å². The first-order valence-electron chi connectivity index (χ1n) is 7.07. The molecule has 0 atom stereocenters. The minimum absolute atomic E-state index is 0.187. The number of anilines is 1. The second-order valence-electron chi connectivity index (χ2n) is 4.61. The van der Waals surface area contributed by atoms with E-state index in [4.69, 9.17) is 10.5 Å². The molecule has 0 radical (unpaired) electrons. The zero-order valence-electron chi connectivity index (χ0n) is 12.6. The molecule has 0 aliphatic rings. The van der Waals surface area contributed by atoms with Crippen molar-refractivity contribution < 1.29 is 9.53 Å². The van der Waals surface area contributed by atoms with Crippen LogP contribution in [0.3, 0.4) is 0 Å².